The van der Waals surface area contributed by atoms with E-state index in [4.69, 9.17) is 17.5 Å². The SMILES string of the molecule is CC(C)(C)O[C@@H]1[C@]2(CO[Si](C)(C)C(C)(C)C)C[C@@H]2[C@@H]2OS(=O)(=O)O[C@]12C. The lowest BCUT2D eigenvalue weighted by Gasteiger charge is -2.41. The minimum atomic E-state index is -3.96. The lowest BCUT2D eigenvalue weighted by atomic mass is 9.89. The van der Waals surface area contributed by atoms with Crippen molar-refractivity contribution in [2.24, 2.45) is 11.3 Å². The van der Waals surface area contributed by atoms with Crippen molar-refractivity contribution in [1.82, 2.24) is 0 Å². The summed E-state index contributed by atoms with van der Waals surface area (Å²) in [5, 5.41) is 0.114. The number of fused-ring (bicyclic) bond motifs is 3. The normalized spacial score (nSPS) is 41.8. The third-order valence-electron chi connectivity index (χ3n) is 6.63. The quantitative estimate of drug-likeness (QED) is 0.664. The van der Waals surface area contributed by atoms with Crippen LogP contribution in [0.1, 0.15) is 54.9 Å². The Hall–Kier alpha value is 0.00688. The van der Waals surface area contributed by atoms with E-state index in [0.29, 0.717) is 6.61 Å². The van der Waals surface area contributed by atoms with Crippen molar-refractivity contribution < 1.29 is 25.9 Å². The Kier molecular flexibility index (Phi) is 4.42. The fraction of sp³-hybridized carbons (Fsp3) is 1.00. The van der Waals surface area contributed by atoms with E-state index in [1.165, 1.54) is 0 Å². The molecule has 0 aromatic carbocycles. The Morgan fingerprint density at radius 2 is 1.73 bits per heavy atom. The van der Waals surface area contributed by atoms with Crippen molar-refractivity contribution in [3.63, 3.8) is 0 Å². The lowest BCUT2D eigenvalue weighted by molar-refractivity contribution is -0.160. The molecule has 1 aliphatic heterocycles. The number of hydrogen-bond donors (Lipinski definition) is 0. The standard InChI is InChI=1S/C18H34O6SSi/c1-15(2,3)22-14-17(7)13(23-25(19,20)24-17)12-10-18(12,14)11-21-26(8,9)16(4,5)6/h12-14H,10-11H2,1-9H3/t12-,13+,14+,17+,18+/m1/s1. The molecule has 0 radical (unpaired) electrons. The van der Waals surface area contributed by atoms with Crippen molar-refractivity contribution in [2.45, 2.75) is 96.4 Å². The second-order valence-electron chi connectivity index (χ2n) is 10.9. The van der Waals surface area contributed by atoms with Crippen LogP contribution in [0.2, 0.25) is 18.1 Å². The van der Waals surface area contributed by atoms with E-state index in [0.717, 1.165) is 6.42 Å². The van der Waals surface area contributed by atoms with Crippen LogP contribution in [0.4, 0.5) is 0 Å². The Morgan fingerprint density at radius 1 is 1.15 bits per heavy atom. The van der Waals surface area contributed by atoms with Gasteiger partial charge in [-0.2, -0.15) is 8.42 Å². The first-order valence-corrected chi connectivity index (χ1v) is 13.6. The van der Waals surface area contributed by atoms with Gasteiger partial charge in [0, 0.05) is 17.9 Å². The summed E-state index contributed by atoms with van der Waals surface area (Å²) < 4.78 is 47.6. The van der Waals surface area contributed by atoms with Crippen molar-refractivity contribution in [1.29, 1.82) is 0 Å². The highest BCUT2D eigenvalue weighted by molar-refractivity contribution is 7.82. The molecule has 1 saturated heterocycles. The number of ether oxygens (including phenoxy) is 1. The Bertz CT molecular complexity index is 691. The van der Waals surface area contributed by atoms with Gasteiger partial charge in [0.15, 0.2) is 8.32 Å². The summed E-state index contributed by atoms with van der Waals surface area (Å²) in [6.45, 7) is 19.4. The third kappa shape index (κ3) is 3.20. The van der Waals surface area contributed by atoms with Crippen LogP contribution in [0, 0.1) is 11.3 Å². The number of hydrogen-bond acceptors (Lipinski definition) is 6. The summed E-state index contributed by atoms with van der Waals surface area (Å²) in [5.74, 6) is 0.0851. The predicted octanol–water partition coefficient (Wildman–Crippen LogP) is 3.63. The fourth-order valence-electron chi connectivity index (χ4n) is 4.16. The Labute approximate surface area is 159 Å². The first-order valence-electron chi connectivity index (χ1n) is 9.39. The van der Waals surface area contributed by atoms with E-state index in [2.05, 4.69) is 33.9 Å². The topological polar surface area (TPSA) is 71.1 Å². The zero-order valence-corrected chi connectivity index (χ0v) is 19.3. The van der Waals surface area contributed by atoms with Gasteiger partial charge in [0.2, 0.25) is 0 Å². The first-order chi connectivity index (χ1) is 11.4. The van der Waals surface area contributed by atoms with Crippen LogP contribution in [0.3, 0.4) is 0 Å². The Morgan fingerprint density at radius 3 is 2.23 bits per heavy atom. The highest BCUT2D eigenvalue weighted by Gasteiger charge is 2.81. The summed E-state index contributed by atoms with van der Waals surface area (Å²) in [6.07, 6.45) is -0.0310. The van der Waals surface area contributed by atoms with Crippen molar-refractivity contribution in [2.75, 3.05) is 6.61 Å². The summed E-state index contributed by atoms with van der Waals surface area (Å²) in [7, 11) is -5.89. The molecule has 8 heteroatoms. The van der Waals surface area contributed by atoms with E-state index >= 15 is 0 Å². The molecule has 0 bridgehead atoms. The molecular weight excluding hydrogens is 372 g/mol. The summed E-state index contributed by atoms with van der Waals surface area (Å²) >= 11 is 0. The van der Waals surface area contributed by atoms with E-state index in [1.54, 1.807) is 6.92 Å². The molecule has 2 aliphatic carbocycles. The molecule has 3 aliphatic rings. The molecule has 152 valence electrons. The molecule has 0 N–H and O–H groups in total. The molecule has 0 amide bonds. The minimum absolute atomic E-state index is 0.0851. The van der Waals surface area contributed by atoms with Gasteiger partial charge in [0.1, 0.15) is 11.7 Å². The van der Waals surface area contributed by atoms with Gasteiger partial charge in [0.05, 0.1) is 11.7 Å². The summed E-state index contributed by atoms with van der Waals surface area (Å²) in [5.41, 5.74) is -1.65. The molecule has 6 nitrogen and oxygen atoms in total. The predicted molar refractivity (Wildman–Crippen MR) is 102 cm³/mol. The zero-order chi connectivity index (χ0) is 20.0. The first kappa shape index (κ1) is 20.7. The molecule has 2 saturated carbocycles. The molecule has 26 heavy (non-hydrogen) atoms. The van der Waals surface area contributed by atoms with Gasteiger partial charge >= 0.3 is 10.4 Å². The van der Waals surface area contributed by atoms with Gasteiger partial charge in [0.25, 0.3) is 0 Å². The average Bonchev–Trinajstić information content (AvgIpc) is 3.01. The smallest absolute Gasteiger partial charge is 0.400 e. The van der Waals surface area contributed by atoms with Crippen LogP contribution in [0.15, 0.2) is 0 Å². The average molecular weight is 407 g/mol. The van der Waals surface area contributed by atoms with Gasteiger partial charge in [-0.1, -0.05) is 20.8 Å². The van der Waals surface area contributed by atoms with E-state index in [1.807, 2.05) is 20.8 Å². The largest absolute Gasteiger partial charge is 0.416 e. The third-order valence-corrected chi connectivity index (χ3v) is 12.1. The van der Waals surface area contributed by atoms with Crippen LogP contribution >= 0.6 is 0 Å². The van der Waals surface area contributed by atoms with Crippen LogP contribution in [0.25, 0.3) is 0 Å². The van der Waals surface area contributed by atoms with Gasteiger partial charge < -0.3 is 9.16 Å². The van der Waals surface area contributed by atoms with Crippen molar-refractivity contribution in [3.8, 4) is 0 Å². The van der Waals surface area contributed by atoms with Gasteiger partial charge in [-0.15, -0.1) is 0 Å². The fourth-order valence-corrected chi connectivity index (χ4v) is 6.46. The molecule has 0 aromatic heterocycles. The van der Waals surface area contributed by atoms with E-state index in [9.17, 15) is 8.42 Å². The van der Waals surface area contributed by atoms with Gasteiger partial charge in [-0.25, -0.2) is 8.37 Å². The Balaban J connectivity index is 1.89. The molecular formula is C18H34O6SSi. The van der Waals surface area contributed by atoms with Crippen LogP contribution in [-0.4, -0.2) is 46.8 Å². The molecule has 3 fully saturated rings. The molecule has 1 heterocycles. The molecule has 3 rings (SSSR count). The second-order valence-corrected chi connectivity index (χ2v) is 16.9. The maximum atomic E-state index is 12.0. The van der Waals surface area contributed by atoms with Crippen molar-refractivity contribution >= 4 is 18.7 Å². The molecule has 0 aromatic rings. The summed E-state index contributed by atoms with van der Waals surface area (Å²) in [6, 6.07) is 0. The molecule has 0 spiro atoms. The van der Waals surface area contributed by atoms with Crippen molar-refractivity contribution in [3.05, 3.63) is 0 Å². The minimum Gasteiger partial charge on any atom is -0.416 e. The molecule has 0 unspecified atom stereocenters. The van der Waals surface area contributed by atoms with Crippen LogP contribution in [0.5, 0.6) is 0 Å². The molecule has 5 atom stereocenters. The lowest BCUT2D eigenvalue weighted by Crippen LogP contribution is -2.52. The van der Waals surface area contributed by atoms with Gasteiger partial charge in [-0.05, 0) is 52.2 Å². The maximum absolute atomic E-state index is 12.0. The highest BCUT2D eigenvalue weighted by atomic mass is 32.3. The maximum Gasteiger partial charge on any atom is 0.400 e. The zero-order valence-electron chi connectivity index (χ0n) is 17.5. The number of rotatable bonds is 4. The van der Waals surface area contributed by atoms with E-state index < -0.39 is 36.0 Å². The van der Waals surface area contributed by atoms with Crippen LogP contribution in [-0.2, 0) is 27.9 Å². The van der Waals surface area contributed by atoms with Crippen LogP contribution < -0.4 is 0 Å². The second kappa shape index (κ2) is 5.54. The van der Waals surface area contributed by atoms with E-state index in [-0.39, 0.29) is 22.5 Å². The highest BCUT2D eigenvalue weighted by Crippen LogP contribution is 2.71. The summed E-state index contributed by atoms with van der Waals surface area (Å²) in [4.78, 5) is 0. The van der Waals surface area contributed by atoms with Gasteiger partial charge in [-0.3, -0.25) is 0 Å². The monoisotopic (exact) mass is 406 g/mol.